The van der Waals surface area contributed by atoms with E-state index >= 15 is 0 Å². The number of hydrogen-bond donors (Lipinski definition) is 0. The van der Waals surface area contributed by atoms with Gasteiger partial charge in [0.15, 0.2) is 0 Å². The van der Waals surface area contributed by atoms with Crippen molar-refractivity contribution in [3.8, 4) is 17.8 Å². The number of aryl methyl sites for hydroxylation is 1. The molecule has 0 atom stereocenters. The fourth-order valence-electron chi connectivity index (χ4n) is 2.30. The van der Waals surface area contributed by atoms with Crippen molar-refractivity contribution in [1.29, 1.82) is 5.26 Å². The molecule has 6 heteroatoms. The van der Waals surface area contributed by atoms with Gasteiger partial charge in [-0.25, -0.2) is 4.79 Å². The molecule has 2 rings (SSSR count). The summed E-state index contributed by atoms with van der Waals surface area (Å²) in [6, 6.07) is 13.4. The fraction of sp³-hybridized carbons (Fsp3) is 0.286. The number of carbonyl (C=O) groups excluding carboxylic acids is 2. The number of nitriles is 1. The van der Waals surface area contributed by atoms with Crippen LogP contribution in [0.4, 0.5) is 0 Å². The van der Waals surface area contributed by atoms with Crippen molar-refractivity contribution in [3.05, 3.63) is 59.7 Å². The summed E-state index contributed by atoms with van der Waals surface area (Å²) in [5, 5.41) is 8.41. The van der Waals surface area contributed by atoms with E-state index in [-0.39, 0.29) is 12.6 Å². The van der Waals surface area contributed by atoms with E-state index in [2.05, 4.69) is 4.74 Å². The van der Waals surface area contributed by atoms with Crippen LogP contribution in [0.2, 0.25) is 0 Å². The summed E-state index contributed by atoms with van der Waals surface area (Å²) in [6.45, 7) is 2.25. The molecule has 0 bridgehead atoms. The Morgan fingerprint density at radius 2 is 1.59 bits per heavy atom. The normalized spacial score (nSPS) is 9.93. The first kappa shape index (κ1) is 20.0. The lowest BCUT2D eigenvalue weighted by molar-refractivity contribution is -0.134. The molecule has 0 unspecified atom stereocenters. The Bertz CT molecular complexity index is 791. The molecule has 0 saturated carbocycles. The molecule has 2 aromatic rings. The summed E-state index contributed by atoms with van der Waals surface area (Å²) in [4.78, 5) is 23.6. The van der Waals surface area contributed by atoms with E-state index in [0.717, 1.165) is 12.0 Å². The smallest absolute Gasteiger partial charge is 0.338 e. The molecule has 0 aliphatic heterocycles. The lowest BCUT2D eigenvalue weighted by atomic mass is 10.2. The van der Waals surface area contributed by atoms with E-state index in [0.29, 0.717) is 36.3 Å². The largest absolute Gasteiger partial charge is 0.462 e. The van der Waals surface area contributed by atoms with E-state index in [4.69, 9.17) is 14.7 Å². The minimum atomic E-state index is -0.433. The molecule has 6 nitrogen and oxygen atoms in total. The van der Waals surface area contributed by atoms with Crippen molar-refractivity contribution >= 4 is 11.9 Å². The van der Waals surface area contributed by atoms with Gasteiger partial charge in [-0.15, -0.1) is 5.26 Å². The topological polar surface area (TPSA) is 85.6 Å². The van der Waals surface area contributed by atoms with Crippen molar-refractivity contribution in [2.75, 3.05) is 6.61 Å². The van der Waals surface area contributed by atoms with Crippen LogP contribution in [-0.4, -0.2) is 18.5 Å². The summed E-state index contributed by atoms with van der Waals surface area (Å²) < 4.78 is 15.1. The number of nitrogens with zero attached hydrogens (tertiary/aromatic N) is 1. The van der Waals surface area contributed by atoms with Crippen molar-refractivity contribution in [3.63, 3.8) is 0 Å². The number of unbranched alkanes of at least 4 members (excludes halogenated alkanes) is 2. The van der Waals surface area contributed by atoms with Gasteiger partial charge < -0.3 is 14.2 Å². The molecule has 0 aliphatic carbocycles. The van der Waals surface area contributed by atoms with Gasteiger partial charge in [-0.05, 0) is 62.6 Å². The highest BCUT2D eigenvalue weighted by molar-refractivity contribution is 5.89. The number of ether oxygens (including phenoxy) is 3. The average Bonchev–Trinajstić information content (AvgIpc) is 2.67. The summed E-state index contributed by atoms with van der Waals surface area (Å²) in [7, 11) is 0. The Hall–Kier alpha value is -3.33. The van der Waals surface area contributed by atoms with Gasteiger partial charge in [-0.2, -0.15) is 0 Å². The lowest BCUT2D eigenvalue weighted by Gasteiger charge is -2.06. The fourth-order valence-corrected chi connectivity index (χ4v) is 2.30. The van der Waals surface area contributed by atoms with Crippen LogP contribution >= 0.6 is 0 Å². The Kier molecular flexibility index (Phi) is 7.86. The summed E-state index contributed by atoms with van der Waals surface area (Å²) in [5.74, 6) is 0.213. The van der Waals surface area contributed by atoms with Gasteiger partial charge in [-0.1, -0.05) is 17.7 Å². The molecule has 0 spiro atoms. The first-order chi connectivity index (χ1) is 13.1. The summed E-state index contributed by atoms with van der Waals surface area (Å²) in [5.41, 5.74) is 1.50. The van der Waals surface area contributed by atoms with Gasteiger partial charge >= 0.3 is 11.9 Å². The lowest BCUT2D eigenvalue weighted by Crippen LogP contribution is -2.08. The maximum atomic E-state index is 11.9. The second kappa shape index (κ2) is 10.6. The molecular formula is C21H21NO5. The minimum absolute atomic E-state index is 0.268. The number of carbonyl (C=O) groups is 2. The highest BCUT2D eigenvalue weighted by Gasteiger charge is 2.08. The van der Waals surface area contributed by atoms with E-state index in [1.165, 1.54) is 24.3 Å². The minimum Gasteiger partial charge on any atom is -0.462 e. The van der Waals surface area contributed by atoms with Crippen LogP contribution in [0.25, 0.3) is 0 Å². The molecule has 0 radical (unpaired) electrons. The molecular weight excluding hydrogens is 346 g/mol. The van der Waals surface area contributed by atoms with Gasteiger partial charge in [0.25, 0.3) is 6.26 Å². The molecule has 0 aromatic heterocycles. The third-order valence-corrected chi connectivity index (χ3v) is 3.76. The summed E-state index contributed by atoms with van der Waals surface area (Å²) in [6.07, 6.45) is 3.97. The van der Waals surface area contributed by atoms with Gasteiger partial charge in [0, 0.05) is 6.42 Å². The molecule has 0 N–H and O–H groups in total. The molecule has 2 aromatic carbocycles. The van der Waals surface area contributed by atoms with Gasteiger partial charge in [0.2, 0.25) is 0 Å². The average molecular weight is 367 g/mol. The second-order valence-corrected chi connectivity index (χ2v) is 5.95. The molecule has 0 heterocycles. The molecule has 0 fully saturated rings. The van der Waals surface area contributed by atoms with Crippen LogP contribution in [0.1, 0.15) is 41.6 Å². The summed E-state index contributed by atoms with van der Waals surface area (Å²) >= 11 is 0. The number of esters is 2. The predicted octanol–water partition coefficient (Wildman–Crippen LogP) is 4.18. The Labute approximate surface area is 158 Å². The molecule has 0 saturated heterocycles. The van der Waals surface area contributed by atoms with Crippen molar-refractivity contribution < 1.29 is 23.8 Å². The monoisotopic (exact) mass is 367 g/mol. The number of benzene rings is 2. The predicted molar refractivity (Wildman–Crippen MR) is 98.2 cm³/mol. The third kappa shape index (κ3) is 7.20. The zero-order valence-corrected chi connectivity index (χ0v) is 15.1. The van der Waals surface area contributed by atoms with E-state index in [1.54, 1.807) is 18.4 Å². The first-order valence-electron chi connectivity index (χ1n) is 8.69. The van der Waals surface area contributed by atoms with Crippen LogP contribution in [0.3, 0.4) is 0 Å². The Morgan fingerprint density at radius 3 is 2.26 bits per heavy atom. The first-order valence-corrected chi connectivity index (χ1v) is 8.69. The van der Waals surface area contributed by atoms with E-state index < -0.39 is 5.97 Å². The molecule has 0 aliphatic rings. The van der Waals surface area contributed by atoms with Crippen LogP contribution in [0, 0.1) is 18.4 Å². The van der Waals surface area contributed by atoms with Crippen LogP contribution in [0.15, 0.2) is 48.5 Å². The standard InChI is InChI=1S/C21H21NO5/c1-16-6-10-19(11-7-16)27-20(23)5-3-2-4-14-25-21(24)17-8-12-18(13-9-17)26-15-22/h6-13H,2-5,14H2,1H3. The van der Waals surface area contributed by atoms with Gasteiger partial charge in [0.1, 0.15) is 11.5 Å². The maximum absolute atomic E-state index is 11.9. The number of rotatable bonds is 9. The zero-order valence-electron chi connectivity index (χ0n) is 15.1. The van der Waals surface area contributed by atoms with Crippen molar-refractivity contribution in [2.24, 2.45) is 0 Å². The molecule has 0 amide bonds. The van der Waals surface area contributed by atoms with E-state index in [1.807, 2.05) is 19.1 Å². The van der Waals surface area contributed by atoms with Crippen molar-refractivity contribution in [1.82, 2.24) is 0 Å². The molecule has 27 heavy (non-hydrogen) atoms. The molecule has 140 valence electrons. The highest BCUT2D eigenvalue weighted by atomic mass is 16.5. The van der Waals surface area contributed by atoms with Crippen LogP contribution in [0.5, 0.6) is 11.5 Å². The third-order valence-electron chi connectivity index (χ3n) is 3.76. The van der Waals surface area contributed by atoms with Gasteiger partial charge in [0.05, 0.1) is 12.2 Å². The second-order valence-electron chi connectivity index (χ2n) is 5.95. The zero-order chi connectivity index (χ0) is 19.5. The van der Waals surface area contributed by atoms with Crippen molar-refractivity contribution in [2.45, 2.75) is 32.6 Å². The highest BCUT2D eigenvalue weighted by Crippen LogP contribution is 2.14. The number of hydrogen-bond acceptors (Lipinski definition) is 6. The van der Waals surface area contributed by atoms with E-state index in [9.17, 15) is 9.59 Å². The van der Waals surface area contributed by atoms with Crippen LogP contribution < -0.4 is 9.47 Å². The quantitative estimate of drug-likeness (QED) is 0.286. The Balaban J connectivity index is 1.58. The van der Waals surface area contributed by atoms with Crippen LogP contribution in [-0.2, 0) is 9.53 Å². The SMILES string of the molecule is Cc1ccc(OC(=O)CCCCCOC(=O)c2ccc(OC#N)cc2)cc1. The maximum Gasteiger partial charge on any atom is 0.338 e. The Morgan fingerprint density at radius 1 is 0.926 bits per heavy atom. The van der Waals surface area contributed by atoms with Gasteiger partial charge in [-0.3, -0.25) is 4.79 Å².